The van der Waals surface area contributed by atoms with E-state index in [1.165, 1.54) is 18.2 Å². The SMILES string of the molecule is O=C(CCO)N1CCC[C@H](CCc2c(F)cccc2F)C1. The number of carbonyl (C=O) groups is 1. The van der Waals surface area contributed by atoms with Gasteiger partial charge in [0.15, 0.2) is 0 Å². The van der Waals surface area contributed by atoms with E-state index in [-0.39, 0.29) is 30.4 Å². The number of piperidine rings is 1. The fraction of sp³-hybridized carbons (Fsp3) is 0.562. The van der Waals surface area contributed by atoms with E-state index in [0.29, 0.717) is 25.9 Å². The Hall–Kier alpha value is -1.49. The van der Waals surface area contributed by atoms with Crippen molar-refractivity contribution in [3.8, 4) is 0 Å². The Labute approximate surface area is 123 Å². The normalized spacial score (nSPS) is 18.8. The topological polar surface area (TPSA) is 40.5 Å². The minimum absolute atomic E-state index is 0.0423. The van der Waals surface area contributed by atoms with E-state index < -0.39 is 11.6 Å². The maximum absolute atomic E-state index is 13.6. The highest BCUT2D eigenvalue weighted by Gasteiger charge is 2.23. The van der Waals surface area contributed by atoms with Gasteiger partial charge >= 0.3 is 0 Å². The molecule has 5 heteroatoms. The van der Waals surface area contributed by atoms with Gasteiger partial charge in [-0.3, -0.25) is 4.79 Å². The number of amides is 1. The summed E-state index contributed by atoms with van der Waals surface area (Å²) in [5.41, 5.74) is 0.135. The molecular formula is C16H21F2NO2. The van der Waals surface area contributed by atoms with Crippen LogP contribution >= 0.6 is 0 Å². The van der Waals surface area contributed by atoms with Crippen LogP contribution in [0.25, 0.3) is 0 Å². The molecule has 2 rings (SSSR count). The molecule has 3 nitrogen and oxygen atoms in total. The molecule has 1 heterocycles. The van der Waals surface area contributed by atoms with Gasteiger partial charge in [0.2, 0.25) is 5.91 Å². The van der Waals surface area contributed by atoms with Crippen molar-refractivity contribution >= 4 is 5.91 Å². The maximum Gasteiger partial charge on any atom is 0.224 e. The van der Waals surface area contributed by atoms with E-state index in [0.717, 1.165) is 12.8 Å². The number of aliphatic hydroxyl groups is 1. The van der Waals surface area contributed by atoms with Crippen molar-refractivity contribution in [3.05, 3.63) is 35.4 Å². The van der Waals surface area contributed by atoms with Crippen molar-refractivity contribution in [3.63, 3.8) is 0 Å². The number of hydrogen-bond acceptors (Lipinski definition) is 2. The van der Waals surface area contributed by atoms with Gasteiger partial charge in [-0.05, 0) is 43.7 Å². The second-order valence-corrected chi connectivity index (χ2v) is 5.56. The van der Waals surface area contributed by atoms with E-state index in [1.54, 1.807) is 4.90 Å². The molecule has 0 aromatic heterocycles. The molecule has 1 aliphatic rings. The summed E-state index contributed by atoms with van der Waals surface area (Å²) < 4.78 is 27.2. The molecule has 1 fully saturated rings. The minimum Gasteiger partial charge on any atom is -0.396 e. The lowest BCUT2D eigenvalue weighted by atomic mass is 9.91. The van der Waals surface area contributed by atoms with E-state index in [4.69, 9.17) is 5.11 Å². The standard InChI is InChI=1S/C16H21F2NO2/c17-14-4-1-5-15(18)13(14)7-6-12-3-2-9-19(11-12)16(21)8-10-20/h1,4-5,12,20H,2-3,6-11H2/t12-/m1/s1. The highest BCUT2D eigenvalue weighted by molar-refractivity contribution is 5.76. The van der Waals surface area contributed by atoms with Crippen LogP contribution in [0.4, 0.5) is 8.78 Å². The van der Waals surface area contributed by atoms with Crippen LogP contribution in [0.5, 0.6) is 0 Å². The lowest BCUT2D eigenvalue weighted by molar-refractivity contribution is -0.133. The number of likely N-dealkylation sites (tertiary alicyclic amines) is 1. The van der Waals surface area contributed by atoms with Crippen molar-refractivity contribution in [2.24, 2.45) is 5.92 Å². The first-order chi connectivity index (χ1) is 10.1. The third-order valence-corrected chi connectivity index (χ3v) is 4.06. The monoisotopic (exact) mass is 297 g/mol. The average Bonchev–Trinajstić information content (AvgIpc) is 2.47. The summed E-state index contributed by atoms with van der Waals surface area (Å²) in [4.78, 5) is 13.5. The number of carbonyl (C=O) groups excluding carboxylic acids is 1. The molecule has 1 aliphatic heterocycles. The zero-order chi connectivity index (χ0) is 15.2. The summed E-state index contributed by atoms with van der Waals surface area (Å²) >= 11 is 0. The lowest BCUT2D eigenvalue weighted by Crippen LogP contribution is -2.40. The summed E-state index contributed by atoms with van der Waals surface area (Å²) in [6.45, 7) is 1.19. The van der Waals surface area contributed by atoms with Crippen LogP contribution in [-0.2, 0) is 11.2 Å². The van der Waals surface area contributed by atoms with Gasteiger partial charge in [-0.25, -0.2) is 8.78 Å². The number of hydrogen-bond donors (Lipinski definition) is 1. The van der Waals surface area contributed by atoms with Crippen molar-refractivity contribution in [2.45, 2.75) is 32.1 Å². The van der Waals surface area contributed by atoms with E-state index in [2.05, 4.69) is 0 Å². The van der Waals surface area contributed by atoms with E-state index >= 15 is 0 Å². The average molecular weight is 297 g/mol. The molecule has 116 valence electrons. The molecule has 0 saturated carbocycles. The van der Waals surface area contributed by atoms with Crippen LogP contribution in [0.2, 0.25) is 0 Å². The van der Waals surface area contributed by atoms with Crippen molar-refractivity contribution in [1.29, 1.82) is 0 Å². The van der Waals surface area contributed by atoms with Crippen LogP contribution < -0.4 is 0 Å². The van der Waals surface area contributed by atoms with Crippen molar-refractivity contribution < 1.29 is 18.7 Å². The fourth-order valence-corrected chi connectivity index (χ4v) is 2.90. The predicted octanol–water partition coefficient (Wildman–Crippen LogP) is 2.52. The zero-order valence-corrected chi connectivity index (χ0v) is 12.0. The van der Waals surface area contributed by atoms with E-state index in [1.807, 2.05) is 0 Å². The molecule has 0 radical (unpaired) electrons. The van der Waals surface area contributed by atoms with E-state index in [9.17, 15) is 13.6 Å². The summed E-state index contributed by atoms with van der Waals surface area (Å²) in [5, 5.41) is 8.82. The lowest BCUT2D eigenvalue weighted by Gasteiger charge is -2.33. The number of aliphatic hydroxyl groups excluding tert-OH is 1. The van der Waals surface area contributed by atoms with Crippen LogP contribution in [0.1, 0.15) is 31.2 Å². The Morgan fingerprint density at radius 2 is 2.05 bits per heavy atom. The molecule has 21 heavy (non-hydrogen) atoms. The first-order valence-corrected chi connectivity index (χ1v) is 7.43. The molecule has 1 aromatic carbocycles. The zero-order valence-electron chi connectivity index (χ0n) is 12.0. The highest BCUT2D eigenvalue weighted by atomic mass is 19.1. The Bertz CT molecular complexity index is 473. The van der Waals surface area contributed by atoms with Gasteiger partial charge in [0.1, 0.15) is 11.6 Å². The smallest absolute Gasteiger partial charge is 0.224 e. The molecule has 1 aromatic rings. The Morgan fingerprint density at radius 1 is 1.33 bits per heavy atom. The highest BCUT2D eigenvalue weighted by Crippen LogP contribution is 2.23. The Balaban J connectivity index is 1.90. The summed E-state index contributed by atoms with van der Waals surface area (Å²) in [5.74, 6) is -0.780. The van der Waals surface area contributed by atoms with Crippen molar-refractivity contribution in [1.82, 2.24) is 4.90 Å². The number of benzene rings is 1. The quantitative estimate of drug-likeness (QED) is 0.907. The predicted molar refractivity (Wildman–Crippen MR) is 75.7 cm³/mol. The number of rotatable bonds is 5. The second kappa shape index (κ2) is 7.50. The first-order valence-electron chi connectivity index (χ1n) is 7.43. The third kappa shape index (κ3) is 4.24. The maximum atomic E-state index is 13.6. The minimum atomic E-state index is -0.501. The third-order valence-electron chi connectivity index (χ3n) is 4.06. The van der Waals surface area contributed by atoms with Gasteiger partial charge in [-0.1, -0.05) is 6.07 Å². The van der Waals surface area contributed by atoms with Crippen LogP contribution in [0.15, 0.2) is 18.2 Å². The molecule has 1 saturated heterocycles. The molecule has 0 aliphatic carbocycles. The number of nitrogens with zero attached hydrogens (tertiary/aromatic N) is 1. The molecule has 0 unspecified atom stereocenters. The first kappa shape index (κ1) is 15.9. The van der Waals surface area contributed by atoms with Crippen LogP contribution in [-0.4, -0.2) is 35.6 Å². The van der Waals surface area contributed by atoms with Gasteiger partial charge in [0.05, 0.1) is 6.61 Å². The Morgan fingerprint density at radius 3 is 2.71 bits per heavy atom. The van der Waals surface area contributed by atoms with Gasteiger partial charge in [0, 0.05) is 25.1 Å². The summed E-state index contributed by atoms with van der Waals surface area (Å²) in [6, 6.07) is 3.91. The summed E-state index contributed by atoms with van der Waals surface area (Å²) in [6.07, 6.45) is 3.04. The van der Waals surface area contributed by atoms with Gasteiger partial charge in [0.25, 0.3) is 0 Å². The largest absolute Gasteiger partial charge is 0.396 e. The summed E-state index contributed by atoms with van der Waals surface area (Å²) in [7, 11) is 0. The molecule has 1 N–H and O–H groups in total. The molecule has 0 spiro atoms. The molecule has 1 amide bonds. The molecule has 1 atom stereocenters. The Kier molecular flexibility index (Phi) is 5.67. The second-order valence-electron chi connectivity index (χ2n) is 5.56. The van der Waals surface area contributed by atoms with Crippen LogP contribution in [0.3, 0.4) is 0 Å². The van der Waals surface area contributed by atoms with Gasteiger partial charge < -0.3 is 10.0 Å². The fourth-order valence-electron chi connectivity index (χ4n) is 2.90. The molecular weight excluding hydrogens is 276 g/mol. The molecule has 0 bridgehead atoms. The van der Waals surface area contributed by atoms with Gasteiger partial charge in [-0.15, -0.1) is 0 Å². The van der Waals surface area contributed by atoms with Crippen molar-refractivity contribution in [2.75, 3.05) is 19.7 Å². The number of halogens is 2. The van der Waals surface area contributed by atoms with Crippen LogP contribution in [0, 0.1) is 17.6 Å². The van der Waals surface area contributed by atoms with Gasteiger partial charge in [-0.2, -0.15) is 0 Å².